The summed E-state index contributed by atoms with van der Waals surface area (Å²) in [6.45, 7) is 4.05. The van der Waals surface area contributed by atoms with Gasteiger partial charge >= 0.3 is 12.0 Å². The van der Waals surface area contributed by atoms with Gasteiger partial charge in [0.05, 0.1) is 25.8 Å². The minimum absolute atomic E-state index is 0.350. The molecule has 3 rings (SSSR count). The Morgan fingerprint density at radius 1 is 1.14 bits per heavy atom. The Labute approximate surface area is 167 Å². The highest BCUT2D eigenvalue weighted by atomic mass is 32.1. The zero-order chi connectivity index (χ0) is 20.3. The molecular weight excluding hydrogens is 380 g/mol. The number of benzene rings is 1. The highest BCUT2D eigenvalue weighted by Gasteiger charge is 2.33. The van der Waals surface area contributed by atoms with E-state index < -0.39 is 12.0 Å². The van der Waals surface area contributed by atoms with E-state index in [9.17, 15) is 9.59 Å². The Morgan fingerprint density at radius 2 is 1.82 bits per heavy atom. The van der Waals surface area contributed by atoms with Crippen LogP contribution in [0.4, 0.5) is 4.79 Å². The van der Waals surface area contributed by atoms with Crippen molar-refractivity contribution in [1.82, 2.24) is 10.6 Å². The summed E-state index contributed by atoms with van der Waals surface area (Å²) in [7, 11) is 2.94. The lowest BCUT2D eigenvalue weighted by molar-refractivity contribution is -0.136. The molecule has 1 atom stereocenters. The quantitative estimate of drug-likeness (QED) is 0.723. The van der Waals surface area contributed by atoms with Crippen LogP contribution in [0.2, 0.25) is 0 Å². The van der Waals surface area contributed by atoms with Gasteiger partial charge in [0.2, 0.25) is 0 Å². The molecule has 2 heterocycles. The second-order valence-electron chi connectivity index (χ2n) is 6.26. The number of nitrogens with one attached hydrogen (secondary N) is 2. The summed E-state index contributed by atoms with van der Waals surface area (Å²) in [5, 5.41) is 5.42. The number of ether oxygens (including phenoxy) is 3. The maximum absolute atomic E-state index is 12.2. The molecule has 0 spiro atoms. The lowest BCUT2D eigenvalue weighted by Crippen LogP contribution is -2.45. The Balaban J connectivity index is 1.81. The molecule has 7 nitrogen and oxygen atoms in total. The molecule has 8 heteroatoms. The van der Waals surface area contributed by atoms with Crippen molar-refractivity contribution in [3.63, 3.8) is 0 Å². The molecule has 2 N–H and O–H groups in total. The van der Waals surface area contributed by atoms with Gasteiger partial charge in [-0.1, -0.05) is 0 Å². The number of amides is 2. The Morgan fingerprint density at radius 3 is 2.46 bits per heavy atom. The lowest BCUT2D eigenvalue weighted by Gasteiger charge is -2.26. The van der Waals surface area contributed by atoms with Crippen LogP contribution in [0, 0.1) is 6.92 Å². The van der Waals surface area contributed by atoms with Crippen LogP contribution in [0.1, 0.15) is 28.3 Å². The number of rotatable bonds is 6. The molecule has 2 aromatic rings. The van der Waals surface area contributed by atoms with Gasteiger partial charge in [-0.15, -0.1) is 11.3 Å². The van der Waals surface area contributed by atoms with Crippen molar-refractivity contribution in [2.75, 3.05) is 14.2 Å². The van der Waals surface area contributed by atoms with Gasteiger partial charge in [0, 0.05) is 21.0 Å². The molecule has 0 saturated heterocycles. The third-order valence-electron chi connectivity index (χ3n) is 4.45. The number of carbonyl (C=O) groups excluding carboxylic acids is 2. The normalized spacial score (nSPS) is 16.3. The van der Waals surface area contributed by atoms with E-state index in [2.05, 4.69) is 10.6 Å². The third-order valence-corrected chi connectivity index (χ3v) is 5.61. The van der Waals surface area contributed by atoms with E-state index in [-0.39, 0.29) is 6.03 Å². The van der Waals surface area contributed by atoms with E-state index >= 15 is 0 Å². The van der Waals surface area contributed by atoms with Crippen molar-refractivity contribution in [3.8, 4) is 11.5 Å². The predicted molar refractivity (Wildman–Crippen MR) is 106 cm³/mol. The molecule has 1 unspecified atom stereocenters. The topological polar surface area (TPSA) is 85.9 Å². The van der Waals surface area contributed by atoms with Crippen LogP contribution in [0.5, 0.6) is 11.5 Å². The van der Waals surface area contributed by atoms with Gasteiger partial charge in [0.15, 0.2) is 0 Å². The van der Waals surface area contributed by atoms with Crippen molar-refractivity contribution < 1.29 is 23.8 Å². The summed E-state index contributed by atoms with van der Waals surface area (Å²) in [5.74, 6) is 1.02. The Kier molecular flexibility index (Phi) is 5.89. The van der Waals surface area contributed by atoms with E-state index in [1.165, 1.54) is 18.4 Å². The summed E-state index contributed by atoms with van der Waals surface area (Å²) < 4.78 is 15.9. The second kappa shape index (κ2) is 8.35. The fraction of sp³-hybridized carbons (Fsp3) is 0.300. The molecule has 0 saturated carbocycles. The van der Waals surface area contributed by atoms with Gasteiger partial charge in [-0.2, -0.15) is 0 Å². The van der Waals surface area contributed by atoms with Gasteiger partial charge < -0.3 is 24.8 Å². The van der Waals surface area contributed by atoms with Crippen LogP contribution in [0.25, 0.3) is 0 Å². The number of methoxy groups -OCH3 is 2. The van der Waals surface area contributed by atoms with Crippen LogP contribution in [-0.4, -0.2) is 26.2 Å². The van der Waals surface area contributed by atoms with Gasteiger partial charge in [-0.05, 0) is 44.2 Å². The predicted octanol–water partition coefficient (Wildman–Crippen LogP) is 3.45. The van der Waals surface area contributed by atoms with Crippen molar-refractivity contribution >= 4 is 23.3 Å². The SMILES string of the molecule is COC(=O)C1=C(C)NC(=O)NC1c1cc(COc2ccc(OC)cc2)c(C)s1. The zero-order valence-electron chi connectivity index (χ0n) is 16.1. The number of hydrogen-bond donors (Lipinski definition) is 2. The van der Waals surface area contributed by atoms with Crippen LogP contribution >= 0.6 is 11.3 Å². The molecule has 1 aliphatic rings. The van der Waals surface area contributed by atoms with Crippen molar-refractivity contribution in [2.24, 2.45) is 0 Å². The first-order valence-corrected chi connectivity index (χ1v) is 9.47. The molecule has 0 bridgehead atoms. The Bertz CT molecular complexity index is 917. The molecule has 2 amide bonds. The van der Waals surface area contributed by atoms with E-state index in [4.69, 9.17) is 14.2 Å². The van der Waals surface area contributed by atoms with E-state index in [1.54, 1.807) is 14.0 Å². The maximum Gasteiger partial charge on any atom is 0.338 e. The average Bonchev–Trinajstić information content (AvgIpc) is 3.06. The largest absolute Gasteiger partial charge is 0.497 e. The number of hydrogen-bond acceptors (Lipinski definition) is 6. The zero-order valence-corrected chi connectivity index (χ0v) is 16.9. The molecule has 148 valence electrons. The third kappa shape index (κ3) is 4.12. The summed E-state index contributed by atoms with van der Waals surface area (Å²) in [5.41, 5.74) is 1.87. The smallest absolute Gasteiger partial charge is 0.338 e. The van der Waals surface area contributed by atoms with Gasteiger partial charge in [-0.3, -0.25) is 0 Å². The first kappa shape index (κ1) is 19.8. The van der Waals surface area contributed by atoms with E-state index in [0.717, 1.165) is 26.8 Å². The second-order valence-corrected chi connectivity index (χ2v) is 7.54. The minimum atomic E-state index is -0.556. The number of carbonyl (C=O) groups is 2. The van der Waals surface area contributed by atoms with Crippen molar-refractivity contribution in [3.05, 3.63) is 56.9 Å². The molecular formula is C20H22N2O5S. The molecule has 1 aliphatic heterocycles. The standard InChI is InChI=1S/C20H22N2O5S/c1-11-17(19(23)26-4)18(22-20(24)21-11)16-9-13(12(2)28-16)10-27-15-7-5-14(25-3)6-8-15/h5-9,18H,10H2,1-4H3,(H2,21,22,24). The molecule has 0 fully saturated rings. The summed E-state index contributed by atoms with van der Waals surface area (Å²) in [6.07, 6.45) is 0. The number of allylic oxidation sites excluding steroid dienone is 1. The lowest BCUT2D eigenvalue weighted by atomic mass is 10.0. The van der Waals surface area contributed by atoms with Crippen LogP contribution in [0.15, 0.2) is 41.6 Å². The first-order valence-electron chi connectivity index (χ1n) is 8.65. The maximum atomic E-state index is 12.2. The van der Waals surface area contributed by atoms with Gasteiger partial charge in [0.1, 0.15) is 18.1 Å². The van der Waals surface area contributed by atoms with E-state index in [1.807, 2.05) is 37.3 Å². The number of esters is 1. The van der Waals surface area contributed by atoms with Crippen molar-refractivity contribution in [1.29, 1.82) is 0 Å². The van der Waals surface area contributed by atoms with Gasteiger partial charge in [-0.25, -0.2) is 9.59 Å². The summed E-state index contributed by atoms with van der Waals surface area (Å²) in [4.78, 5) is 26.1. The molecule has 0 aliphatic carbocycles. The van der Waals surface area contributed by atoms with Gasteiger partial charge in [0.25, 0.3) is 0 Å². The fourth-order valence-corrected chi connectivity index (χ4v) is 4.05. The highest BCUT2D eigenvalue weighted by Crippen LogP contribution is 2.34. The molecule has 28 heavy (non-hydrogen) atoms. The van der Waals surface area contributed by atoms with E-state index in [0.29, 0.717) is 17.9 Å². The summed E-state index contributed by atoms with van der Waals surface area (Å²) in [6, 6.07) is 8.41. The minimum Gasteiger partial charge on any atom is -0.497 e. The molecule has 0 radical (unpaired) electrons. The van der Waals surface area contributed by atoms with Crippen LogP contribution in [0.3, 0.4) is 0 Å². The number of thiophene rings is 1. The molecule has 1 aromatic heterocycles. The fourth-order valence-electron chi connectivity index (χ4n) is 2.95. The number of urea groups is 1. The van der Waals surface area contributed by atoms with Crippen molar-refractivity contribution in [2.45, 2.75) is 26.5 Å². The Hall–Kier alpha value is -3.00. The van der Waals surface area contributed by atoms with Crippen LogP contribution in [-0.2, 0) is 16.1 Å². The first-order chi connectivity index (χ1) is 13.4. The van der Waals surface area contributed by atoms with Crippen LogP contribution < -0.4 is 20.1 Å². The molecule has 1 aromatic carbocycles. The number of aryl methyl sites for hydroxylation is 1. The highest BCUT2D eigenvalue weighted by molar-refractivity contribution is 7.12. The average molecular weight is 402 g/mol. The monoisotopic (exact) mass is 402 g/mol. The summed E-state index contributed by atoms with van der Waals surface area (Å²) >= 11 is 1.51.